The highest BCUT2D eigenvalue weighted by Gasteiger charge is 2.26. The standard InChI is InChI=1S/C12H15O6P/c1-10(9-11-5-3-2-4-6-11)12(14)18-19(15,16)17-8-7-13/h2-6,9,13H,7-8H2,1H3,(H,15,16). The van der Waals surface area contributed by atoms with E-state index in [-0.39, 0.29) is 12.2 Å². The predicted octanol–water partition coefficient (Wildman–Crippen LogP) is 1.74. The highest BCUT2D eigenvalue weighted by atomic mass is 31.2. The number of aliphatic hydroxyl groups excluding tert-OH is 1. The number of phosphoric ester groups is 1. The molecule has 1 aromatic carbocycles. The maximum absolute atomic E-state index is 11.6. The zero-order valence-electron chi connectivity index (χ0n) is 10.4. The van der Waals surface area contributed by atoms with Crippen LogP contribution in [0.2, 0.25) is 0 Å². The monoisotopic (exact) mass is 286 g/mol. The van der Waals surface area contributed by atoms with Crippen molar-refractivity contribution in [2.24, 2.45) is 0 Å². The Labute approximate surface area is 110 Å². The molecule has 6 nitrogen and oxygen atoms in total. The third kappa shape index (κ3) is 5.81. The van der Waals surface area contributed by atoms with Gasteiger partial charge in [0.25, 0.3) is 0 Å². The Morgan fingerprint density at radius 1 is 1.37 bits per heavy atom. The number of hydrogen-bond acceptors (Lipinski definition) is 5. The maximum Gasteiger partial charge on any atom is 0.529 e. The Balaban J connectivity index is 2.68. The van der Waals surface area contributed by atoms with Crippen LogP contribution >= 0.6 is 7.82 Å². The van der Waals surface area contributed by atoms with E-state index in [4.69, 9.17) is 5.11 Å². The molecule has 1 atom stereocenters. The molecule has 1 unspecified atom stereocenters. The van der Waals surface area contributed by atoms with Crippen molar-refractivity contribution in [3.63, 3.8) is 0 Å². The van der Waals surface area contributed by atoms with Crippen molar-refractivity contribution < 1.29 is 28.4 Å². The molecule has 0 amide bonds. The quantitative estimate of drug-likeness (QED) is 0.611. The molecule has 2 N–H and O–H groups in total. The van der Waals surface area contributed by atoms with Crippen molar-refractivity contribution in [1.29, 1.82) is 0 Å². The van der Waals surface area contributed by atoms with Crippen molar-refractivity contribution in [3.8, 4) is 0 Å². The van der Waals surface area contributed by atoms with Gasteiger partial charge >= 0.3 is 13.8 Å². The second-order valence-electron chi connectivity index (χ2n) is 3.64. The fraction of sp³-hybridized carbons (Fsp3) is 0.250. The fourth-order valence-electron chi connectivity index (χ4n) is 1.22. The summed E-state index contributed by atoms with van der Waals surface area (Å²) in [6.07, 6.45) is 1.52. The van der Waals surface area contributed by atoms with E-state index in [2.05, 4.69) is 9.05 Å². The third-order valence-corrected chi connectivity index (χ3v) is 2.95. The van der Waals surface area contributed by atoms with Crippen molar-refractivity contribution in [2.45, 2.75) is 6.92 Å². The number of benzene rings is 1. The van der Waals surface area contributed by atoms with Gasteiger partial charge in [-0.2, -0.15) is 0 Å². The minimum atomic E-state index is -4.47. The number of hydrogen-bond donors (Lipinski definition) is 2. The lowest BCUT2D eigenvalue weighted by Gasteiger charge is -2.11. The molecule has 104 valence electrons. The maximum atomic E-state index is 11.6. The van der Waals surface area contributed by atoms with E-state index in [1.807, 2.05) is 6.07 Å². The fourth-order valence-corrected chi connectivity index (χ4v) is 1.94. The number of carbonyl (C=O) groups excluding carboxylic acids is 1. The van der Waals surface area contributed by atoms with Gasteiger partial charge in [0.05, 0.1) is 13.2 Å². The zero-order valence-corrected chi connectivity index (χ0v) is 11.2. The molecule has 7 heteroatoms. The van der Waals surface area contributed by atoms with Crippen LogP contribution in [0.5, 0.6) is 0 Å². The highest BCUT2D eigenvalue weighted by molar-refractivity contribution is 7.48. The lowest BCUT2D eigenvalue weighted by molar-refractivity contribution is -0.131. The summed E-state index contributed by atoms with van der Waals surface area (Å²) >= 11 is 0. The van der Waals surface area contributed by atoms with Crippen LogP contribution in [0.3, 0.4) is 0 Å². The largest absolute Gasteiger partial charge is 0.529 e. The van der Waals surface area contributed by atoms with Gasteiger partial charge in [0.2, 0.25) is 0 Å². The molecule has 0 saturated carbocycles. The van der Waals surface area contributed by atoms with Gasteiger partial charge in [-0.25, -0.2) is 9.36 Å². The molecule has 19 heavy (non-hydrogen) atoms. The predicted molar refractivity (Wildman–Crippen MR) is 69.0 cm³/mol. The molecule has 1 aromatic rings. The molecule has 0 fully saturated rings. The smallest absolute Gasteiger partial charge is 0.394 e. The SMILES string of the molecule is CC(=Cc1ccccc1)C(=O)OP(=O)(O)OCCO. The third-order valence-electron chi connectivity index (χ3n) is 2.05. The van der Waals surface area contributed by atoms with Crippen molar-refractivity contribution in [1.82, 2.24) is 0 Å². The number of carbonyl (C=O) groups is 1. The summed E-state index contributed by atoms with van der Waals surface area (Å²) in [4.78, 5) is 20.7. The lowest BCUT2D eigenvalue weighted by Crippen LogP contribution is -2.07. The summed E-state index contributed by atoms with van der Waals surface area (Å²) in [5.41, 5.74) is 0.925. The molecule has 0 aliphatic carbocycles. The average molecular weight is 286 g/mol. The van der Waals surface area contributed by atoms with Crippen LogP contribution in [0.4, 0.5) is 0 Å². The molecule has 0 radical (unpaired) electrons. The summed E-state index contributed by atoms with van der Waals surface area (Å²) in [6, 6.07) is 8.97. The van der Waals surface area contributed by atoms with Crippen molar-refractivity contribution in [2.75, 3.05) is 13.2 Å². The Hall–Kier alpha value is -1.46. The van der Waals surface area contributed by atoms with Gasteiger partial charge in [-0.05, 0) is 18.6 Å². The van der Waals surface area contributed by atoms with Crippen LogP contribution < -0.4 is 0 Å². The minimum Gasteiger partial charge on any atom is -0.394 e. The number of aliphatic hydroxyl groups is 1. The van der Waals surface area contributed by atoms with Gasteiger partial charge in [-0.3, -0.25) is 9.42 Å². The summed E-state index contributed by atoms with van der Waals surface area (Å²) < 4.78 is 20.0. The first kappa shape index (κ1) is 15.6. The van der Waals surface area contributed by atoms with Gasteiger partial charge in [-0.15, -0.1) is 0 Å². The number of phosphoric acid groups is 1. The summed E-state index contributed by atoms with van der Waals surface area (Å²) in [5, 5.41) is 8.46. The van der Waals surface area contributed by atoms with Crippen LogP contribution in [0, 0.1) is 0 Å². The molecule has 0 spiro atoms. The molecular weight excluding hydrogens is 271 g/mol. The Morgan fingerprint density at radius 2 is 2.00 bits per heavy atom. The molecule has 0 heterocycles. The zero-order chi connectivity index (χ0) is 14.3. The molecule has 0 aromatic heterocycles. The van der Waals surface area contributed by atoms with Crippen LogP contribution in [0.1, 0.15) is 12.5 Å². The van der Waals surface area contributed by atoms with Gasteiger partial charge < -0.3 is 9.63 Å². The first-order valence-electron chi connectivity index (χ1n) is 5.50. The summed E-state index contributed by atoms with van der Waals surface area (Å²) in [7, 11) is -4.47. The Bertz CT molecular complexity index is 496. The molecule has 1 rings (SSSR count). The van der Waals surface area contributed by atoms with E-state index in [0.717, 1.165) is 5.56 Å². The van der Waals surface area contributed by atoms with E-state index in [9.17, 15) is 14.3 Å². The van der Waals surface area contributed by atoms with Crippen LogP contribution in [0.15, 0.2) is 35.9 Å². The van der Waals surface area contributed by atoms with E-state index < -0.39 is 20.4 Å². The first-order chi connectivity index (χ1) is 8.94. The molecular formula is C12H15O6P. The highest BCUT2D eigenvalue weighted by Crippen LogP contribution is 2.43. The molecule has 0 bridgehead atoms. The molecule has 0 saturated heterocycles. The normalized spacial score (nSPS) is 14.8. The first-order valence-corrected chi connectivity index (χ1v) is 6.99. The van der Waals surface area contributed by atoms with Crippen LogP contribution in [-0.4, -0.2) is 29.2 Å². The van der Waals surface area contributed by atoms with Crippen molar-refractivity contribution in [3.05, 3.63) is 41.5 Å². The van der Waals surface area contributed by atoms with Crippen LogP contribution in [-0.2, 0) is 18.4 Å². The van der Waals surface area contributed by atoms with Gasteiger partial charge in [0, 0.05) is 5.57 Å². The second-order valence-corrected chi connectivity index (χ2v) is 5.02. The van der Waals surface area contributed by atoms with E-state index in [0.29, 0.717) is 0 Å². The Kier molecular flexibility index (Phi) is 5.92. The van der Waals surface area contributed by atoms with Crippen molar-refractivity contribution >= 4 is 19.9 Å². The minimum absolute atomic E-state index is 0.160. The second kappa shape index (κ2) is 7.21. The van der Waals surface area contributed by atoms with Crippen LogP contribution in [0.25, 0.3) is 6.08 Å². The summed E-state index contributed by atoms with van der Waals surface area (Å²) in [5.74, 6) is -0.951. The molecule has 0 aliphatic heterocycles. The van der Waals surface area contributed by atoms with Gasteiger partial charge in [0.15, 0.2) is 0 Å². The van der Waals surface area contributed by atoms with E-state index >= 15 is 0 Å². The average Bonchev–Trinajstić information content (AvgIpc) is 2.37. The van der Waals surface area contributed by atoms with Gasteiger partial charge in [0.1, 0.15) is 0 Å². The molecule has 0 aliphatic rings. The topological polar surface area (TPSA) is 93.1 Å². The van der Waals surface area contributed by atoms with Gasteiger partial charge in [-0.1, -0.05) is 30.3 Å². The van der Waals surface area contributed by atoms with E-state index in [1.165, 1.54) is 13.0 Å². The summed E-state index contributed by atoms with van der Waals surface area (Å²) in [6.45, 7) is 0.630. The Morgan fingerprint density at radius 3 is 2.58 bits per heavy atom. The number of rotatable bonds is 6. The lowest BCUT2D eigenvalue weighted by atomic mass is 10.1. The van der Waals surface area contributed by atoms with E-state index in [1.54, 1.807) is 24.3 Å².